The van der Waals surface area contributed by atoms with Gasteiger partial charge in [0.1, 0.15) is 0 Å². The molecule has 0 unspecified atom stereocenters. The van der Waals surface area contributed by atoms with E-state index in [0.717, 1.165) is 6.42 Å². The molecular formula is C18H17. The Morgan fingerprint density at radius 1 is 0.833 bits per heavy atom. The van der Waals surface area contributed by atoms with E-state index in [1.807, 2.05) is 12.1 Å². The molecule has 0 heteroatoms. The van der Waals surface area contributed by atoms with Crippen LogP contribution >= 0.6 is 0 Å². The van der Waals surface area contributed by atoms with E-state index in [4.69, 9.17) is 0 Å². The van der Waals surface area contributed by atoms with E-state index in [1.54, 1.807) is 0 Å². The first-order valence-corrected chi connectivity index (χ1v) is 6.16. The van der Waals surface area contributed by atoms with E-state index in [0.29, 0.717) is 0 Å². The number of unbranched alkanes of at least 4 members (excludes halogenated alkanes) is 1. The van der Waals surface area contributed by atoms with Gasteiger partial charge in [0, 0.05) is 0 Å². The van der Waals surface area contributed by atoms with Crippen molar-refractivity contribution in [1.82, 2.24) is 0 Å². The Morgan fingerprint density at radius 3 is 2.17 bits per heavy atom. The van der Waals surface area contributed by atoms with Crippen LogP contribution < -0.4 is 0 Å². The molecule has 0 aromatic heterocycles. The maximum absolute atomic E-state index is 3.69. The van der Waals surface area contributed by atoms with Crippen LogP contribution in [0.15, 0.2) is 73.3 Å². The summed E-state index contributed by atoms with van der Waals surface area (Å²) >= 11 is 0. The van der Waals surface area contributed by atoms with Crippen LogP contribution in [0.3, 0.4) is 0 Å². The van der Waals surface area contributed by atoms with Crippen LogP contribution in [0.25, 0.3) is 17.2 Å². The van der Waals surface area contributed by atoms with Crippen molar-refractivity contribution in [2.24, 2.45) is 0 Å². The fourth-order valence-electron chi connectivity index (χ4n) is 1.77. The Hall–Kier alpha value is -2.08. The molecule has 0 heterocycles. The van der Waals surface area contributed by atoms with Crippen molar-refractivity contribution < 1.29 is 0 Å². The number of hydrogen-bond acceptors (Lipinski definition) is 0. The van der Waals surface area contributed by atoms with E-state index in [1.165, 1.54) is 16.7 Å². The van der Waals surface area contributed by atoms with E-state index >= 15 is 0 Å². The monoisotopic (exact) mass is 233 g/mol. The zero-order valence-electron chi connectivity index (χ0n) is 10.4. The number of benzene rings is 2. The molecule has 0 fully saturated rings. The average molecular weight is 233 g/mol. The van der Waals surface area contributed by atoms with Gasteiger partial charge in [0.2, 0.25) is 0 Å². The lowest BCUT2D eigenvalue weighted by molar-refractivity contribution is 1.30. The van der Waals surface area contributed by atoms with Gasteiger partial charge in [0.15, 0.2) is 0 Å². The fourth-order valence-corrected chi connectivity index (χ4v) is 1.77. The van der Waals surface area contributed by atoms with Crippen molar-refractivity contribution in [1.29, 1.82) is 0 Å². The highest BCUT2D eigenvalue weighted by Crippen LogP contribution is 2.19. The third kappa shape index (κ3) is 3.46. The highest BCUT2D eigenvalue weighted by atomic mass is 14.0. The second kappa shape index (κ2) is 6.61. The summed E-state index contributed by atoms with van der Waals surface area (Å²) in [4.78, 5) is 0. The lowest BCUT2D eigenvalue weighted by atomic mass is 10.0. The van der Waals surface area contributed by atoms with Gasteiger partial charge in [-0.25, -0.2) is 0 Å². The SMILES string of the molecule is C=CC[CH]C=Cc1ccc(-c2ccccc2)cc1. The fraction of sp³-hybridized carbons (Fsp3) is 0.0556. The summed E-state index contributed by atoms with van der Waals surface area (Å²) in [7, 11) is 0. The zero-order chi connectivity index (χ0) is 12.6. The lowest BCUT2D eigenvalue weighted by Gasteiger charge is -2.01. The normalized spacial score (nSPS) is 10.7. The maximum Gasteiger partial charge on any atom is -0.0130 e. The predicted octanol–water partition coefficient (Wildman–Crippen LogP) is 5.15. The molecule has 0 N–H and O–H groups in total. The van der Waals surface area contributed by atoms with Gasteiger partial charge in [0.05, 0.1) is 0 Å². The molecule has 2 aromatic rings. The van der Waals surface area contributed by atoms with Crippen molar-refractivity contribution in [3.8, 4) is 11.1 Å². The highest BCUT2D eigenvalue weighted by molar-refractivity contribution is 5.65. The topological polar surface area (TPSA) is 0 Å². The van der Waals surface area contributed by atoms with Gasteiger partial charge >= 0.3 is 0 Å². The molecule has 0 aliphatic carbocycles. The molecule has 89 valence electrons. The van der Waals surface area contributed by atoms with Crippen LogP contribution in [-0.4, -0.2) is 0 Å². The van der Waals surface area contributed by atoms with Gasteiger partial charge in [-0.15, -0.1) is 6.58 Å². The first-order valence-electron chi connectivity index (χ1n) is 6.16. The quantitative estimate of drug-likeness (QED) is 0.495. The van der Waals surface area contributed by atoms with Gasteiger partial charge < -0.3 is 0 Å². The summed E-state index contributed by atoms with van der Waals surface area (Å²) in [5.41, 5.74) is 3.73. The number of rotatable bonds is 5. The summed E-state index contributed by atoms with van der Waals surface area (Å²) < 4.78 is 0. The molecule has 0 bridgehead atoms. The molecule has 2 aromatic carbocycles. The molecular weight excluding hydrogens is 216 g/mol. The largest absolute Gasteiger partial charge is 0.103 e. The second-order valence-corrected chi connectivity index (χ2v) is 4.11. The summed E-state index contributed by atoms with van der Waals surface area (Å²) in [5.74, 6) is 0. The Morgan fingerprint density at radius 2 is 1.50 bits per heavy atom. The van der Waals surface area contributed by atoms with Gasteiger partial charge in [-0.05, 0) is 29.5 Å². The van der Waals surface area contributed by atoms with Gasteiger partial charge in [-0.1, -0.05) is 72.8 Å². The minimum Gasteiger partial charge on any atom is -0.103 e. The highest BCUT2D eigenvalue weighted by Gasteiger charge is 1.95. The first kappa shape index (κ1) is 12.4. The van der Waals surface area contributed by atoms with Crippen molar-refractivity contribution >= 4 is 6.08 Å². The zero-order valence-corrected chi connectivity index (χ0v) is 10.4. The molecule has 0 saturated heterocycles. The Balaban J connectivity index is 2.06. The summed E-state index contributed by atoms with van der Waals surface area (Å²) in [6, 6.07) is 19.0. The molecule has 1 radical (unpaired) electrons. The van der Waals surface area contributed by atoms with E-state index in [9.17, 15) is 0 Å². The maximum atomic E-state index is 3.69. The average Bonchev–Trinajstić information content (AvgIpc) is 2.45. The second-order valence-electron chi connectivity index (χ2n) is 4.11. The number of allylic oxidation sites excluding steroid dienone is 2. The van der Waals surface area contributed by atoms with Crippen LogP contribution in [-0.2, 0) is 0 Å². The van der Waals surface area contributed by atoms with Crippen LogP contribution in [0.2, 0.25) is 0 Å². The van der Waals surface area contributed by atoms with Crippen LogP contribution in [0, 0.1) is 6.42 Å². The molecule has 0 spiro atoms. The van der Waals surface area contributed by atoms with Crippen molar-refractivity contribution in [2.75, 3.05) is 0 Å². The standard InChI is InChI=1S/C18H17/c1-2-3-4-6-9-16-12-14-18(15-13-16)17-10-7-5-8-11-17/h2,4-15H,1,3H2. The predicted molar refractivity (Wildman–Crippen MR) is 80.0 cm³/mol. The van der Waals surface area contributed by atoms with Crippen LogP contribution in [0.4, 0.5) is 0 Å². The van der Waals surface area contributed by atoms with Crippen LogP contribution in [0.1, 0.15) is 12.0 Å². The first-order chi connectivity index (χ1) is 8.90. The van der Waals surface area contributed by atoms with Crippen molar-refractivity contribution in [3.05, 3.63) is 85.3 Å². The lowest BCUT2D eigenvalue weighted by Crippen LogP contribution is -1.77. The molecule has 0 nitrogen and oxygen atoms in total. The Kier molecular flexibility index (Phi) is 4.54. The Labute approximate surface area is 109 Å². The third-order valence-corrected chi connectivity index (χ3v) is 2.75. The molecule has 0 amide bonds. The molecule has 0 atom stereocenters. The molecule has 0 aliphatic rings. The Bertz CT molecular complexity index is 503. The van der Waals surface area contributed by atoms with E-state index in [2.05, 4.69) is 73.7 Å². The number of hydrogen-bond donors (Lipinski definition) is 0. The molecule has 18 heavy (non-hydrogen) atoms. The van der Waals surface area contributed by atoms with Gasteiger partial charge in [0.25, 0.3) is 0 Å². The molecule has 0 saturated carbocycles. The van der Waals surface area contributed by atoms with Gasteiger partial charge in [-0.3, -0.25) is 0 Å². The van der Waals surface area contributed by atoms with Crippen molar-refractivity contribution in [3.63, 3.8) is 0 Å². The summed E-state index contributed by atoms with van der Waals surface area (Å²) in [6.45, 7) is 3.69. The van der Waals surface area contributed by atoms with Crippen molar-refractivity contribution in [2.45, 2.75) is 6.42 Å². The van der Waals surface area contributed by atoms with E-state index < -0.39 is 0 Å². The minimum atomic E-state index is 0.915. The smallest absolute Gasteiger partial charge is 0.0130 e. The third-order valence-electron chi connectivity index (χ3n) is 2.75. The summed E-state index contributed by atoms with van der Waals surface area (Å²) in [5, 5.41) is 0. The summed E-state index contributed by atoms with van der Waals surface area (Å²) in [6.07, 6.45) is 9.08. The van der Waals surface area contributed by atoms with E-state index in [-0.39, 0.29) is 0 Å². The van der Waals surface area contributed by atoms with Gasteiger partial charge in [-0.2, -0.15) is 0 Å². The van der Waals surface area contributed by atoms with Crippen LogP contribution in [0.5, 0.6) is 0 Å². The molecule has 2 rings (SSSR count). The molecule has 0 aliphatic heterocycles. The minimum absolute atomic E-state index is 0.915.